The summed E-state index contributed by atoms with van der Waals surface area (Å²) >= 11 is 0. The fourth-order valence-electron chi connectivity index (χ4n) is 0. The quantitative estimate of drug-likeness (QED) is 0.341. The molecule has 0 bridgehead atoms. The summed E-state index contributed by atoms with van der Waals surface area (Å²) in [6, 6.07) is 0. The van der Waals surface area contributed by atoms with Gasteiger partial charge in [0, 0.05) is 0 Å². The first-order chi connectivity index (χ1) is 0. The maximum absolute atomic E-state index is 0. The molecule has 0 unspecified atom stereocenters. The molecule has 0 aromatic carbocycles. The third-order valence-corrected chi connectivity index (χ3v) is 0. The molecule has 0 fully saturated rings. The Morgan fingerprint density at radius 3 is 1.00 bits per heavy atom. The van der Waals surface area contributed by atoms with Gasteiger partial charge in [0.1, 0.15) is 0 Å². The summed E-state index contributed by atoms with van der Waals surface area (Å²) in [5.41, 5.74) is 0. The van der Waals surface area contributed by atoms with Gasteiger partial charge in [0.25, 0.3) is 0 Å². The Morgan fingerprint density at radius 2 is 1.00 bits per heavy atom. The van der Waals surface area contributed by atoms with Crippen molar-refractivity contribution in [2.24, 2.45) is 0 Å². The SMILES string of the molecule is F.O.[AlH3].[SrH2]. The van der Waals surface area contributed by atoms with Crippen LogP contribution < -0.4 is 0 Å². The second-order valence-corrected chi connectivity index (χ2v) is 0. The molecule has 26 valence electrons. The molecular formula is H8AlFOSr. The Morgan fingerprint density at radius 1 is 1.00 bits per heavy atom. The summed E-state index contributed by atoms with van der Waals surface area (Å²) < 4.78 is 0. The summed E-state index contributed by atoms with van der Waals surface area (Å²) in [5, 5.41) is 0. The van der Waals surface area contributed by atoms with Crippen LogP contribution in [0.1, 0.15) is 0 Å². The number of halogens is 1. The first kappa shape index (κ1) is 39.2. The summed E-state index contributed by atoms with van der Waals surface area (Å²) in [6.45, 7) is 0. The standard InChI is InChI=1S/Al.FH.H2O.Sr.5H/h;1H;1H2;;;;;;. The molecule has 0 heterocycles. The molecule has 0 radical (unpaired) electrons. The van der Waals surface area contributed by atoms with Crippen molar-refractivity contribution in [2.75, 3.05) is 0 Å². The van der Waals surface area contributed by atoms with Crippen LogP contribution in [-0.4, -0.2) is 68.3 Å². The third kappa shape index (κ3) is 9.08. The summed E-state index contributed by atoms with van der Waals surface area (Å²) in [4.78, 5) is 0. The van der Waals surface area contributed by atoms with Crippen molar-refractivity contribution in [1.82, 2.24) is 0 Å². The molecule has 0 aliphatic heterocycles. The predicted molar refractivity (Wildman–Crippen MR) is 24.6 cm³/mol. The normalized spacial score (nSPS) is 0. The zero-order valence-electron chi connectivity index (χ0n) is 0.908. The number of rotatable bonds is 0. The Hall–Kier alpha value is 1.90. The molecule has 1 nitrogen and oxygen atoms in total. The van der Waals surface area contributed by atoms with Crippen LogP contribution in [-0.2, 0) is 0 Å². The van der Waals surface area contributed by atoms with Gasteiger partial charge in [-0.15, -0.1) is 0 Å². The van der Waals surface area contributed by atoms with Gasteiger partial charge in [-0.2, -0.15) is 0 Å². The predicted octanol–water partition coefficient (Wildman–Crippen LogP) is -2.77. The van der Waals surface area contributed by atoms with Crippen LogP contribution in [0.5, 0.6) is 0 Å². The molecule has 0 aliphatic rings. The summed E-state index contributed by atoms with van der Waals surface area (Å²) in [7, 11) is 0. The minimum absolute atomic E-state index is 0. The number of hydrogen-bond donors (Lipinski definition) is 0. The molecule has 0 rings (SSSR count). The molecule has 4 heteroatoms. The third-order valence-electron chi connectivity index (χ3n) is 0. The topological polar surface area (TPSA) is 31.5 Å². The van der Waals surface area contributed by atoms with Crippen LogP contribution in [0.25, 0.3) is 0 Å². The van der Waals surface area contributed by atoms with Gasteiger partial charge in [-0.05, 0) is 0 Å². The van der Waals surface area contributed by atoms with E-state index in [2.05, 4.69) is 0 Å². The van der Waals surface area contributed by atoms with Crippen molar-refractivity contribution >= 4 is 62.8 Å². The van der Waals surface area contributed by atoms with Gasteiger partial charge in [0.15, 0.2) is 17.4 Å². The van der Waals surface area contributed by atoms with E-state index in [1.165, 1.54) is 0 Å². The van der Waals surface area contributed by atoms with E-state index in [0.717, 1.165) is 0 Å². The minimum atomic E-state index is 0. The molecule has 0 aliphatic carbocycles. The summed E-state index contributed by atoms with van der Waals surface area (Å²) in [6.07, 6.45) is 0. The molecule has 0 saturated heterocycles. The average molecular weight is 158 g/mol. The monoisotopic (exact) mass is 158 g/mol. The van der Waals surface area contributed by atoms with E-state index in [9.17, 15) is 0 Å². The van der Waals surface area contributed by atoms with Gasteiger partial charge in [-0.3, -0.25) is 4.70 Å². The van der Waals surface area contributed by atoms with Gasteiger partial charge in [0.2, 0.25) is 0 Å². The zero-order chi connectivity index (χ0) is 0. The summed E-state index contributed by atoms with van der Waals surface area (Å²) in [5.74, 6) is 0. The fourth-order valence-corrected chi connectivity index (χ4v) is 0. The molecule has 0 saturated carbocycles. The van der Waals surface area contributed by atoms with E-state index in [0.29, 0.717) is 0 Å². The Balaban J connectivity index is 0. The van der Waals surface area contributed by atoms with Crippen molar-refractivity contribution < 1.29 is 10.2 Å². The van der Waals surface area contributed by atoms with Gasteiger partial charge in [-0.1, -0.05) is 0 Å². The van der Waals surface area contributed by atoms with E-state index < -0.39 is 0 Å². The second kappa shape index (κ2) is 20.6. The molecule has 0 aromatic rings. The molecule has 4 heavy (non-hydrogen) atoms. The Bertz CT molecular complexity index is 8.00. The fraction of sp³-hybridized carbons (Fsp3) is 0. The van der Waals surface area contributed by atoms with Crippen LogP contribution in [0, 0.1) is 0 Å². The van der Waals surface area contributed by atoms with E-state index in [-0.39, 0.29) is 73.0 Å². The van der Waals surface area contributed by atoms with Crippen LogP contribution in [0.15, 0.2) is 0 Å². The second-order valence-electron chi connectivity index (χ2n) is 0. The Labute approximate surface area is 71.8 Å². The average Bonchev–Trinajstić information content (AvgIpc) is 0. The van der Waals surface area contributed by atoms with Gasteiger partial charge in [-0.25, -0.2) is 0 Å². The molecule has 0 aromatic heterocycles. The van der Waals surface area contributed by atoms with E-state index in [1.807, 2.05) is 0 Å². The van der Waals surface area contributed by atoms with Crippen molar-refractivity contribution in [3.05, 3.63) is 0 Å². The van der Waals surface area contributed by atoms with Crippen molar-refractivity contribution in [3.63, 3.8) is 0 Å². The molecule has 0 spiro atoms. The van der Waals surface area contributed by atoms with Crippen molar-refractivity contribution in [1.29, 1.82) is 0 Å². The molecule has 0 atom stereocenters. The van der Waals surface area contributed by atoms with E-state index in [1.54, 1.807) is 0 Å². The van der Waals surface area contributed by atoms with Crippen LogP contribution >= 0.6 is 0 Å². The van der Waals surface area contributed by atoms with Crippen molar-refractivity contribution in [2.45, 2.75) is 0 Å². The van der Waals surface area contributed by atoms with E-state index >= 15 is 0 Å². The van der Waals surface area contributed by atoms with Gasteiger partial charge >= 0.3 is 45.5 Å². The Kier molecular flexibility index (Phi) is 202. The van der Waals surface area contributed by atoms with Crippen LogP contribution in [0.3, 0.4) is 0 Å². The van der Waals surface area contributed by atoms with Crippen LogP contribution in [0.2, 0.25) is 0 Å². The first-order valence-corrected chi connectivity index (χ1v) is 0. The van der Waals surface area contributed by atoms with Gasteiger partial charge < -0.3 is 5.48 Å². The maximum atomic E-state index is 0. The zero-order valence-corrected chi connectivity index (χ0v) is 0.908. The van der Waals surface area contributed by atoms with Gasteiger partial charge in [0.05, 0.1) is 0 Å². The van der Waals surface area contributed by atoms with Crippen molar-refractivity contribution in [3.8, 4) is 0 Å². The van der Waals surface area contributed by atoms with Crippen LogP contribution in [0.4, 0.5) is 4.70 Å². The molecule has 2 N–H and O–H groups in total. The molecular weight excluding hydrogens is 150 g/mol. The molecule has 0 amide bonds. The number of hydrogen-bond acceptors (Lipinski definition) is 0. The van der Waals surface area contributed by atoms with E-state index in [4.69, 9.17) is 0 Å². The first-order valence-electron chi connectivity index (χ1n) is 0.